The lowest BCUT2D eigenvalue weighted by atomic mass is 9.88. The number of rotatable bonds is 8. The number of imidazole rings is 1. The van der Waals surface area contributed by atoms with Gasteiger partial charge in [0, 0.05) is 30.8 Å². The van der Waals surface area contributed by atoms with E-state index in [0.717, 1.165) is 55.4 Å². The SMILES string of the molecule is CN(C)CCCn1c(NC(=O)c2ccc(C#N)cc2)nc2cc(N(C)C(=O)C3CCCCC3)ccc21. The molecule has 1 heterocycles. The van der Waals surface area contributed by atoms with Crippen LogP contribution in [0, 0.1) is 17.2 Å². The van der Waals surface area contributed by atoms with Gasteiger partial charge in [0.15, 0.2) is 0 Å². The van der Waals surface area contributed by atoms with Crippen LogP contribution in [-0.4, -0.2) is 54.0 Å². The van der Waals surface area contributed by atoms with E-state index in [2.05, 4.69) is 16.3 Å². The summed E-state index contributed by atoms with van der Waals surface area (Å²) < 4.78 is 2.02. The number of amides is 2. The molecule has 4 rings (SSSR count). The van der Waals surface area contributed by atoms with E-state index in [1.807, 2.05) is 43.9 Å². The first-order valence-electron chi connectivity index (χ1n) is 12.6. The molecule has 8 heteroatoms. The highest BCUT2D eigenvalue weighted by atomic mass is 16.2. The van der Waals surface area contributed by atoms with Crippen LogP contribution in [0.5, 0.6) is 0 Å². The van der Waals surface area contributed by atoms with Crippen LogP contribution in [0.2, 0.25) is 0 Å². The Hall–Kier alpha value is -3.70. The summed E-state index contributed by atoms with van der Waals surface area (Å²) in [6.07, 6.45) is 6.24. The van der Waals surface area contributed by atoms with E-state index in [9.17, 15) is 9.59 Å². The fourth-order valence-electron chi connectivity index (χ4n) is 4.81. The van der Waals surface area contributed by atoms with Crippen LogP contribution >= 0.6 is 0 Å². The summed E-state index contributed by atoms with van der Waals surface area (Å²) in [5, 5.41) is 12.0. The van der Waals surface area contributed by atoms with Gasteiger partial charge in [-0.1, -0.05) is 19.3 Å². The maximum absolute atomic E-state index is 13.1. The highest BCUT2D eigenvalue weighted by Crippen LogP contribution is 2.29. The van der Waals surface area contributed by atoms with E-state index in [1.165, 1.54) is 6.42 Å². The molecule has 36 heavy (non-hydrogen) atoms. The Morgan fingerprint density at radius 2 is 1.81 bits per heavy atom. The molecule has 2 amide bonds. The maximum atomic E-state index is 13.1. The minimum Gasteiger partial charge on any atom is -0.315 e. The van der Waals surface area contributed by atoms with Gasteiger partial charge in [0.25, 0.3) is 5.91 Å². The Balaban J connectivity index is 1.61. The van der Waals surface area contributed by atoms with Crippen molar-refractivity contribution >= 4 is 34.5 Å². The molecule has 188 valence electrons. The molecule has 8 nitrogen and oxygen atoms in total. The first-order valence-corrected chi connectivity index (χ1v) is 12.6. The Labute approximate surface area is 212 Å². The summed E-state index contributed by atoms with van der Waals surface area (Å²) in [6.45, 7) is 1.59. The molecule has 0 radical (unpaired) electrons. The average molecular weight is 487 g/mol. The molecule has 1 aliphatic rings. The smallest absolute Gasteiger partial charge is 0.257 e. The van der Waals surface area contributed by atoms with Crippen molar-refractivity contribution in [3.05, 3.63) is 53.6 Å². The van der Waals surface area contributed by atoms with E-state index >= 15 is 0 Å². The minimum atomic E-state index is -0.284. The predicted octanol–water partition coefficient (Wildman–Crippen LogP) is 4.66. The van der Waals surface area contributed by atoms with Crippen molar-refractivity contribution in [1.29, 1.82) is 5.26 Å². The molecule has 0 bridgehead atoms. The van der Waals surface area contributed by atoms with Gasteiger partial charge < -0.3 is 14.4 Å². The van der Waals surface area contributed by atoms with Gasteiger partial charge in [-0.05, 0) is 82.4 Å². The van der Waals surface area contributed by atoms with Crippen molar-refractivity contribution in [2.24, 2.45) is 5.92 Å². The zero-order valence-corrected chi connectivity index (χ0v) is 21.3. The third-order valence-electron chi connectivity index (χ3n) is 6.89. The van der Waals surface area contributed by atoms with E-state index in [1.54, 1.807) is 29.2 Å². The zero-order valence-electron chi connectivity index (χ0n) is 21.3. The molecule has 1 aromatic heterocycles. The van der Waals surface area contributed by atoms with Gasteiger partial charge in [-0.2, -0.15) is 5.26 Å². The second-order valence-electron chi connectivity index (χ2n) is 9.79. The lowest BCUT2D eigenvalue weighted by Gasteiger charge is -2.26. The van der Waals surface area contributed by atoms with Gasteiger partial charge in [0.1, 0.15) is 0 Å². The molecule has 1 aliphatic carbocycles. The zero-order chi connectivity index (χ0) is 25.7. The topological polar surface area (TPSA) is 94.3 Å². The minimum absolute atomic E-state index is 0.0882. The van der Waals surface area contributed by atoms with E-state index < -0.39 is 0 Å². The molecule has 3 aromatic rings. The number of nitriles is 1. The summed E-state index contributed by atoms with van der Waals surface area (Å²) in [4.78, 5) is 34.7. The summed E-state index contributed by atoms with van der Waals surface area (Å²) in [5.41, 5.74) is 3.41. The summed E-state index contributed by atoms with van der Waals surface area (Å²) in [6, 6.07) is 14.5. The van der Waals surface area contributed by atoms with Crippen LogP contribution in [-0.2, 0) is 11.3 Å². The molecular formula is C28H34N6O2. The number of nitrogens with one attached hydrogen (secondary N) is 1. The lowest BCUT2D eigenvalue weighted by Crippen LogP contribution is -2.33. The molecule has 0 atom stereocenters. The van der Waals surface area contributed by atoms with Crippen molar-refractivity contribution in [2.45, 2.75) is 45.1 Å². The van der Waals surface area contributed by atoms with Crippen LogP contribution in [0.1, 0.15) is 54.4 Å². The first kappa shape index (κ1) is 25.4. The van der Waals surface area contributed by atoms with Crippen molar-refractivity contribution in [3.63, 3.8) is 0 Å². The fraction of sp³-hybridized carbons (Fsp3) is 0.429. The van der Waals surface area contributed by atoms with Crippen molar-refractivity contribution in [2.75, 3.05) is 37.9 Å². The molecule has 0 saturated heterocycles. The number of hydrogen-bond acceptors (Lipinski definition) is 5. The van der Waals surface area contributed by atoms with Crippen molar-refractivity contribution < 1.29 is 9.59 Å². The quantitative estimate of drug-likeness (QED) is 0.500. The van der Waals surface area contributed by atoms with Crippen LogP contribution in [0.4, 0.5) is 11.6 Å². The molecule has 1 saturated carbocycles. The highest BCUT2D eigenvalue weighted by molar-refractivity contribution is 6.04. The number of anilines is 2. The summed E-state index contributed by atoms with van der Waals surface area (Å²) >= 11 is 0. The van der Waals surface area contributed by atoms with E-state index in [-0.39, 0.29) is 17.7 Å². The van der Waals surface area contributed by atoms with Crippen LogP contribution in [0.3, 0.4) is 0 Å². The number of carbonyl (C=O) groups excluding carboxylic acids is 2. The molecule has 0 spiro atoms. The molecular weight excluding hydrogens is 452 g/mol. The number of aryl methyl sites for hydroxylation is 1. The van der Waals surface area contributed by atoms with Gasteiger partial charge in [-0.25, -0.2) is 4.98 Å². The maximum Gasteiger partial charge on any atom is 0.257 e. The Bertz CT molecular complexity index is 1270. The highest BCUT2D eigenvalue weighted by Gasteiger charge is 2.25. The van der Waals surface area contributed by atoms with Gasteiger partial charge in [0.05, 0.1) is 22.7 Å². The normalized spacial score (nSPS) is 14.1. The third-order valence-corrected chi connectivity index (χ3v) is 6.89. The molecule has 0 unspecified atom stereocenters. The largest absolute Gasteiger partial charge is 0.315 e. The number of hydrogen-bond donors (Lipinski definition) is 1. The standard InChI is InChI=1S/C28H34N6O2/c1-32(2)16-7-17-34-25-15-14-23(33(3)27(36)22-8-5-4-6-9-22)18-24(25)30-28(34)31-26(35)21-12-10-20(19-29)11-13-21/h10-15,18,22H,4-9,16-17H2,1-3H3,(H,30,31,35). The second-order valence-corrected chi connectivity index (χ2v) is 9.79. The summed E-state index contributed by atoms with van der Waals surface area (Å²) in [7, 11) is 5.90. The van der Waals surface area contributed by atoms with E-state index in [0.29, 0.717) is 23.6 Å². The van der Waals surface area contributed by atoms with Gasteiger partial charge in [-0.3, -0.25) is 14.9 Å². The van der Waals surface area contributed by atoms with Crippen molar-refractivity contribution in [3.8, 4) is 6.07 Å². The Morgan fingerprint density at radius 1 is 1.08 bits per heavy atom. The Kier molecular flexibility index (Phi) is 8.01. The van der Waals surface area contributed by atoms with Gasteiger partial charge in [-0.15, -0.1) is 0 Å². The van der Waals surface area contributed by atoms with Crippen molar-refractivity contribution in [1.82, 2.24) is 14.5 Å². The molecule has 2 aromatic carbocycles. The first-order chi connectivity index (χ1) is 17.4. The summed E-state index contributed by atoms with van der Waals surface area (Å²) in [5.74, 6) is 0.434. The number of fused-ring (bicyclic) bond motifs is 1. The van der Waals surface area contributed by atoms with Crippen LogP contribution in [0.15, 0.2) is 42.5 Å². The molecule has 1 N–H and O–H groups in total. The number of aromatic nitrogens is 2. The predicted molar refractivity (Wildman–Crippen MR) is 142 cm³/mol. The molecule has 1 fully saturated rings. The molecule has 0 aliphatic heterocycles. The number of benzene rings is 2. The van der Waals surface area contributed by atoms with E-state index in [4.69, 9.17) is 10.2 Å². The van der Waals surface area contributed by atoms with Gasteiger partial charge in [0.2, 0.25) is 11.9 Å². The number of carbonyl (C=O) groups is 2. The Morgan fingerprint density at radius 3 is 2.47 bits per heavy atom. The number of nitrogens with zero attached hydrogens (tertiary/aromatic N) is 5. The fourth-order valence-corrected chi connectivity index (χ4v) is 4.81. The average Bonchev–Trinajstić information content (AvgIpc) is 3.24. The third kappa shape index (κ3) is 5.74. The van der Waals surface area contributed by atoms with Gasteiger partial charge >= 0.3 is 0 Å². The lowest BCUT2D eigenvalue weighted by molar-refractivity contribution is -0.123. The monoisotopic (exact) mass is 486 g/mol. The van der Waals surface area contributed by atoms with Crippen LogP contribution < -0.4 is 10.2 Å². The van der Waals surface area contributed by atoms with Crippen LogP contribution in [0.25, 0.3) is 11.0 Å². The second kappa shape index (κ2) is 11.4.